The summed E-state index contributed by atoms with van der Waals surface area (Å²) in [5, 5.41) is 0.791. The van der Waals surface area contributed by atoms with Crippen molar-refractivity contribution in [3.63, 3.8) is 0 Å². The Balaban J connectivity index is 1.98. The van der Waals surface area contributed by atoms with E-state index in [0.717, 1.165) is 5.25 Å². The van der Waals surface area contributed by atoms with Crippen LogP contribution in [0.2, 0.25) is 0 Å². The Labute approximate surface area is 47.3 Å². The van der Waals surface area contributed by atoms with Crippen LogP contribution in [0.3, 0.4) is 0 Å². The predicted molar refractivity (Wildman–Crippen MR) is 33.3 cm³/mol. The molecule has 0 amide bonds. The number of rotatable bonds is 2. The Bertz CT molecular complexity index is 77.8. The van der Waals surface area contributed by atoms with E-state index in [1.54, 1.807) is 11.9 Å². The predicted octanol–water partition coefficient (Wildman–Crippen LogP) is 0.784. The van der Waals surface area contributed by atoms with Gasteiger partial charge in [0.05, 0.1) is 6.34 Å². The number of hydrogen-bond acceptors (Lipinski definition) is 2. The largest absolute Gasteiger partial charge is 0.389 e. The topological polar surface area (TPSA) is 38.4 Å². The van der Waals surface area contributed by atoms with Crippen molar-refractivity contribution in [2.45, 2.75) is 18.1 Å². The Morgan fingerprint density at radius 2 is 2.43 bits per heavy atom. The van der Waals surface area contributed by atoms with Crippen molar-refractivity contribution >= 4 is 18.3 Å². The fourth-order valence-corrected chi connectivity index (χ4v) is 0.884. The molecule has 0 spiro atoms. The van der Waals surface area contributed by atoms with Crippen LogP contribution in [0.25, 0.3) is 0 Å². The van der Waals surface area contributed by atoms with Gasteiger partial charge in [0.2, 0.25) is 0 Å². The second-order valence-corrected chi connectivity index (χ2v) is 2.65. The lowest BCUT2D eigenvalue weighted by molar-refractivity contribution is 1.50. The highest BCUT2D eigenvalue weighted by Gasteiger charge is 2.21. The van der Waals surface area contributed by atoms with Crippen LogP contribution in [0.1, 0.15) is 12.8 Å². The molecule has 40 valence electrons. The maximum Gasteiger partial charge on any atom is 0.0937 e. The van der Waals surface area contributed by atoms with E-state index in [4.69, 9.17) is 5.73 Å². The molecule has 1 aliphatic carbocycles. The second kappa shape index (κ2) is 2.21. The standard InChI is InChI=1S/C4H8N2S/c5-3-6-7-4-1-2-4/h3-4H,1-2H2,(H2,5,6). The summed E-state index contributed by atoms with van der Waals surface area (Å²) in [5.41, 5.74) is 4.99. The van der Waals surface area contributed by atoms with Gasteiger partial charge in [-0.05, 0) is 24.8 Å². The fraction of sp³-hybridized carbons (Fsp3) is 0.750. The highest BCUT2D eigenvalue weighted by molar-refractivity contribution is 7.99. The fourth-order valence-electron chi connectivity index (χ4n) is 0.295. The molecule has 0 bridgehead atoms. The van der Waals surface area contributed by atoms with Crippen molar-refractivity contribution in [2.75, 3.05) is 0 Å². The monoisotopic (exact) mass is 116 g/mol. The molecule has 1 fully saturated rings. The first-order valence-corrected chi connectivity index (χ1v) is 3.16. The SMILES string of the molecule is N/C=N/SC1CC1. The van der Waals surface area contributed by atoms with E-state index in [0.29, 0.717) is 0 Å². The summed E-state index contributed by atoms with van der Waals surface area (Å²) in [5.74, 6) is 0. The van der Waals surface area contributed by atoms with Gasteiger partial charge in [-0.3, -0.25) is 0 Å². The highest BCUT2D eigenvalue weighted by Crippen LogP contribution is 2.34. The van der Waals surface area contributed by atoms with E-state index >= 15 is 0 Å². The van der Waals surface area contributed by atoms with Crippen molar-refractivity contribution in [2.24, 2.45) is 10.1 Å². The van der Waals surface area contributed by atoms with Gasteiger partial charge in [0, 0.05) is 5.25 Å². The smallest absolute Gasteiger partial charge is 0.0937 e. The molecule has 1 aliphatic rings. The maximum atomic E-state index is 4.99. The summed E-state index contributed by atoms with van der Waals surface area (Å²) in [6.45, 7) is 0. The first-order chi connectivity index (χ1) is 3.43. The molecule has 0 aliphatic heterocycles. The molecule has 1 rings (SSSR count). The molecule has 0 aromatic heterocycles. The average molecular weight is 116 g/mol. The van der Waals surface area contributed by atoms with Gasteiger partial charge in [-0.1, -0.05) is 0 Å². The van der Waals surface area contributed by atoms with E-state index < -0.39 is 0 Å². The molecule has 0 atom stereocenters. The van der Waals surface area contributed by atoms with Crippen molar-refractivity contribution in [3.05, 3.63) is 0 Å². The molecule has 1 saturated carbocycles. The van der Waals surface area contributed by atoms with Gasteiger partial charge in [-0.2, -0.15) is 0 Å². The molecular formula is C4H8N2S. The van der Waals surface area contributed by atoms with Gasteiger partial charge in [0.1, 0.15) is 0 Å². The molecule has 0 heterocycles. The Kier molecular flexibility index (Phi) is 1.57. The third kappa shape index (κ3) is 1.83. The summed E-state index contributed by atoms with van der Waals surface area (Å²) in [4.78, 5) is 0. The van der Waals surface area contributed by atoms with Gasteiger partial charge < -0.3 is 5.73 Å². The summed E-state index contributed by atoms with van der Waals surface area (Å²) in [6, 6.07) is 0. The molecule has 0 radical (unpaired) electrons. The Morgan fingerprint density at radius 3 is 2.86 bits per heavy atom. The summed E-state index contributed by atoms with van der Waals surface area (Å²) < 4.78 is 3.80. The maximum absolute atomic E-state index is 4.99. The van der Waals surface area contributed by atoms with Gasteiger partial charge >= 0.3 is 0 Å². The zero-order chi connectivity index (χ0) is 5.11. The summed E-state index contributed by atoms with van der Waals surface area (Å²) >= 11 is 1.59. The molecule has 2 N–H and O–H groups in total. The third-order valence-corrected chi connectivity index (χ3v) is 1.81. The molecule has 2 nitrogen and oxygen atoms in total. The number of hydrogen-bond donors (Lipinski definition) is 1. The lowest BCUT2D eigenvalue weighted by Crippen LogP contribution is -1.85. The lowest BCUT2D eigenvalue weighted by Gasteiger charge is -1.79. The van der Waals surface area contributed by atoms with Crippen LogP contribution in [0, 0.1) is 0 Å². The third-order valence-electron chi connectivity index (χ3n) is 0.795. The summed E-state index contributed by atoms with van der Waals surface area (Å²) in [6.07, 6.45) is 3.99. The van der Waals surface area contributed by atoms with Crippen LogP contribution in [-0.4, -0.2) is 11.6 Å². The van der Waals surface area contributed by atoms with E-state index in [-0.39, 0.29) is 0 Å². The van der Waals surface area contributed by atoms with Crippen LogP contribution in [-0.2, 0) is 0 Å². The van der Waals surface area contributed by atoms with Crippen molar-refractivity contribution in [1.29, 1.82) is 0 Å². The number of nitrogens with two attached hydrogens (primary N) is 1. The second-order valence-electron chi connectivity index (χ2n) is 1.56. The first-order valence-electron chi connectivity index (χ1n) is 2.33. The first kappa shape index (κ1) is 4.97. The average Bonchev–Trinajstić information content (AvgIpc) is 2.42. The van der Waals surface area contributed by atoms with E-state index in [2.05, 4.69) is 4.40 Å². The molecule has 0 aromatic rings. The quantitative estimate of drug-likeness (QED) is 0.329. The van der Waals surface area contributed by atoms with E-state index in [1.165, 1.54) is 19.2 Å². The van der Waals surface area contributed by atoms with Crippen LogP contribution in [0.4, 0.5) is 0 Å². The van der Waals surface area contributed by atoms with Crippen LogP contribution in [0.15, 0.2) is 4.40 Å². The lowest BCUT2D eigenvalue weighted by atomic mass is 11.0. The van der Waals surface area contributed by atoms with Crippen LogP contribution in [0.5, 0.6) is 0 Å². The zero-order valence-corrected chi connectivity index (χ0v) is 4.82. The van der Waals surface area contributed by atoms with Gasteiger partial charge in [-0.15, -0.1) is 0 Å². The van der Waals surface area contributed by atoms with Crippen LogP contribution < -0.4 is 5.73 Å². The van der Waals surface area contributed by atoms with Gasteiger partial charge in [0.25, 0.3) is 0 Å². The Morgan fingerprint density at radius 1 is 1.71 bits per heavy atom. The van der Waals surface area contributed by atoms with Crippen LogP contribution >= 0.6 is 11.9 Å². The molecule has 3 heteroatoms. The van der Waals surface area contributed by atoms with Gasteiger partial charge in [0.15, 0.2) is 0 Å². The van der Waals surface area contributed by atoms with E-state index in [1.807, 2.05) is 0 Å². The highest BCUT2D eigenvalue weighted by atomic mass is 32.2. The Hall–Kier alpha value is -0.180. The molecule has 7 heavy (non-hydrogen) atoms. The van der Waals surface area contributed by atoms with E-state index in [9.17, 15) is 0 Å². The van der Waals surface area contributed by atoms with Crippen molar-refractivity contribution in [3.8, 4) is 0 Å². The normalized spacial score (nSPS) is 21.1. The number of nitrogens with zero attached hydrogens (tertiary/aromatic N) is 1. The summed E-state index contributed by atoms with van der Waals surface area (Å²) in [7, 11) is 0. The molecule has 0 aromatic carbocycles. The van der Waals surface area contributed by atoms with Crippen molar-refractivity contribution in [1.82, 2.24) is 0 Å². The molecular weight excluding hydrogens is 108 g/mol. The minimum Gasteiger partial charge on any atom is -0.389 e. The van der Waals surface area contributed by atoms with Gasteiger partial charge in [-0.25, -0.2) is 4.40 Å². The minimum atomic E-state index is 0.791. The molecule has 0 saturated heterocycles. The molecule has 0 unspecified atom stereocenters. The zero-order valence-electron chi connectivity index (χ0n) is 4.00. The van der Waals surface area contributed by atoms with Crippen molar-refractivity contribution < 1.29 is 0 Å². The minimum absolute atomic E-state index is 0.791.